The van der Waals surface area contributed by atoms with E-state index < -0.39 is 21.5 Å². The largest absolute Gasteiger partial charge is 0.480 e. The van der Waals surface area contributed by atoms with Gasteiger partial charge in [-0.25, -0.2) is 13.1 Å². The highest BCUT2D eigenvalue weighted by atomic mass is 32.2. The summed E-state index contributed by atoms with van der Waals surface area (Å²) >= 11 is 0. The Morgan fingerprint density at radius 1 is 1.43 bits per heavy atom. The molecular formula is C7H16N2O4S. The van der Waals surface area contributed by atoms with E-state index in [0.29, 0.717) is 0 Å². The Balaban J connectivity index is 4.04. The smallest absolute Gasteiger partial charge is 0.323 e. The van der Waals surface area contributed by atoms with Gasteiger partial charge in [-0.15, -0.1) is 0 Å². The molecule has 0 aromatic rings. The van der Waals surface area contributed by atoms with Gasteiger partial charge in [0.15, 0.2) is 0 Å². The van der Waals surface area contributed by atoms with Crippen LogP contribution < -0.4 is 10.0 Å². The van der Waals surface area contributed by atoms with Crippen LogP contribution in [0.3, 0.4) is 0 Å². The topological polar surface area (TPSA) is 95.5 Å². The molecule has 14 heavy (non-hydrogen) atoms. The summed E-state index contributed by atoms with van der Waals surface area (Å²) in [4.78, 5) is 10.6. The van der Waals surface area contributed by atoms with Gasteiger partial charge in [0.05, 0.1) is 5.75 Å². The minimum atomic E-state index is -3.27. The molecule has 0 spiro atoms. The van der Waals surface area contributed by atoms with Gasteiger partial charge < -0.3 is 10.4 Å². The fourth-order valence-corrected chi connectivity index (χ4v) is 1.25. The van der Waals surface area contributed by atoms with Crippen molar-refractivity contribution >= 4 is 16.0 Å². The van der Waals surface area contributed by atoms with Crippen molar-refractivity contribution in [1.82, 2.24) is 10.0 Å². The van der Waals surface area contributed by atoms with Gasteiger partial charge in [-0.2, -0.15) is 0 Å². The maximum atomic E-state index is 11.0. The van der Waals surface area contributed by atoms with Gasteiger partial charge in [0, 0.05) is 6.54 Å². The summed E-state index contributed by atoms with van der Waals surface area (Å²) < 4.78 is 24.1. The van der Waals surface area contributed by atoms with Crippen LogP contribution in [0.15, 0.2) is 0 Å². The number of carboxylic acid groups (broad SMARTS) is 1. The molecule has 0 fully saturated rings. The van der Waals surface area contributed by atoms with Crippen molar-refractivity contribution in [3.8, 4) is 0 Å². The fraction of sp³-hybridized carbons (Fsp3) is 0.857. The predicted octanol–water partition coefficient (Wildman–Crippen LogP) is -1.01. The van der Waals surface area contributed by atoms with Gasteiger partial charge in [0.25, 0.3) is 0 Å². The number of nitrogens with one attached hydrogen (secondary N) is 2. The number of carboxylic acids is 1. The number of carbonyl (C=O) groups is 1. The summed E-state index contributed by atoms with van der Waals surface area (Å²) in [6.07, 6.45) is 0. The van der Waals surface area contributed by atoms with Crippen LogP contribution in [-0.2, 0) is 14.8 Å². The Bertz CT molecular complexity index is 297. The number of hydrogen-bond acceptors (Lipinski definition) is 4. The van der Waals surface area contributed by atoms with Crippen LogP contribution >= 0.6 is 0 Å². The molecule has 0 aromatic carbocycles. The second-order valence-corrected chi connectivity index (χ2v) is 5.43. The molecule has 0 heterocycles. The van der Waals surface area contributed by atoms with Crippen molar-refractivity contribution in [2.75, 3.05) is 19.3 Å². The highest BCUT2D eigenvalue weighted by molar-refractivity contribution is 7.89. The van der Waals surface area contributed by atoms with E-state index in [1.54, 1.807) is 0 Å². The molecule has 0 atom stereocenters. The molecule has 3 N–H and O–H groups in total. The molecule has 0 aliphatic rings. The maximum Gasteiger partial charge on any atom is 0.323 e. The SMILES string of the molecule is CNS(=O)(=O)CCNC(C)(C)C(=O)O. The van der Waals surface area contributed by atoms with Crippen LogP contribution in [0.1, 0.15) is 13.8 Å². The molecule has 6 nitrogen and oxygen atoms in total. The summed E-state index contributed by atoms with van der Waals surface area (Å²) in [7, 11) is -1.96. The normalized spacial score (nSPS) is 12.8. The van der Waals surface area contributed by atoms with E-state index in [1.165, 1.54) is 20.9 Å². The first-order valence-corrected chi connectivity index (χ1v) is 5.76. The minimum absolute atomic E-state index is 0.0997. The first-order valence-electron chi connectivity index (χ1n) is 4.11. The number of aliphatic carboxylic acids is 1. The minimum Gasteiger partial charge on any atom is -0.480 e. The maximum absolute atomic E-state index is 11.0. The van der Waals surface area contributed by atoms with Crippen molar-refractivity contribution in [2.24, 2.45) is 0 Å². The van der Waals surface area contributed by atoms with Gasteiger partial charge in [0.2, 0.25) is 10.0 Å². The lowest BCUT2D eigenvalue weighted by atomic mass is 10.1. The molecule has 0 saturated heterocycles. The zero-order chi connectivity index (χ0) is 11.4. The van der Waals surface area contributed by atoms with Crippen molar-refractivity contribution in [3.63, 3.8) is 0 Å². The highest BCUT2D eigenvalue weighted by Gasteiger charge is 2.26. The van der Waals surface area contributed by atoms with Crippen molar-refractivity contribution in [1.29, 1.82) is 0 Å². The molecule has 0 unspecified atom stereocenters. The van der Waals surface area contributed by atoms with E-state index in [9.17, 15) is 13.2 Å². The van der Waals surface area contributed by atoms with Gasteiger partial charge >= 0.3 is 5.97 Å². The lowest BCUT2D eigenvalue weighted by Crippen LogP contribution is -2.48. The van der Waals surface area contributed by atoms with Crippen LogP contribution in [0.5, 0.6) is 0 Å². The second kappa shape index (κ2) is 4.72. The molecule has 0 rings (SSSR count). The highest BCUT2D eigenvalue weighted by Crippen LogP contribution is 2.00. The number of sulfonamides is 1. The monoisotopic (exact) mass is 224 g/mol. The molecule has 0 aliphatic heterocycles. The second-order valence-electron chi connectivity index (χ2n) is 3.38. The van der Waals surface area contributed by atoms with E-state index in [2.05, 4.69) is 10.0 Å². The molecule has 7 heteroatoms. The summed E-state index contributed by atoms with van der Waals surface area (Å²) in [5.74, 6) is -1.15. The van der Waals surface area contributed by atoms with Gasteiger partial charge in [0.1, 0.15) is 5.54 Å². The Kier molecular flexibility index (Phi) is 4.50. The summed E-state index contributed by atoms with van der Waals surface area (Å²) in [5, 5.41) is 11.3. The Morgan fingerprint density at radius 3 is 2.29 bits per heavy atom. The summed E-state index contributed by atoms with van der Waals surface area (Å²) in [6.45, 7) is 3.05. The van der Waals surface area contributed by atoms with Crippen molar-refractivity contribution in [2.45, 2.75) is 19.4 Å². The van der Waals surface area contributed by atoms with E-state index in [1.807, 2.05) is 0 Å². The lowest BCUT2D eigenvalue weighted by Gasteiger charge is -2.20. The first-order chi connectivity index (χ1) is 6.21. The molecule has 0 aliphatic carbocycles. The molecule has 84 valence electrons. The van der Waals surface area contributed by atoms with E-state index >= 15 is 0 Å². The standard InChI is InChI=1S/C7H16N2O4S/c1-7(2,6(10)11)9-4-5-14(12,13)8-3/h8-9H,4-5H2,1-3H3,(H,10,11). The van der Waals surface area contributed by atoms with Crippen molar-refractivity contribution in [3.05, 3.63) is 0 Å². The summed E-state index contributed by atoms with van der Waals surface area (Å²) in [5.41, 5.74) is -1.11. The van der Waals surface area contributed by atoms with Gasteiger partial charge in [-0.1, -0.05) is 0 Å². The molecule has 0 aromatic heterocycles. The number of rotatable bonds is 6. The Labute approximate surface area is 83.7 Å². The number of hydrogen-bond donors (Lipinski definition) is 3. The average Bonchev–Trinajstić information content (AvgIpc) is 2.03. The van der Waals surface area contributed by atoms with Crippen molar-refractivity contribution < 1.29 is 18.3 Å². The molecular weight excluding hydrogens is 208 g/mol. The fourth-order valence-electron chi connectivity index (χ4n) is 0.676. The molecule has 0 amide bonds. The quantitative estimate of drug-likeness (QED) is 0.537. The zero-order valence-corrected chi connectivity index (χ0v) is 9.31. The first kappa shape index (κ1) is 13.3. The third kappa shape index (κ3) is 4.54. The van der Waals surface area contributed by atoms with Crippen LogP contribution in [0.25, 0.3) is 0 Å². The third-order valence-corrected chi connectivity index (χ3v) is 3.15. The summed E-state index contributed by atoms with van der Waals surface area (Å²) in [6, 6.07) is 0. The van der Waals surface area contributed by atoms with Crippen LogP contribution in [0.4, 0.5) is 0 Å². The van der Waals surface area contributed by atoms with E-state index in [4.69, 9.17) is 5.11 Å². The van der Waals surface area contributed by atoms with Crippen LogP contribution in [0.2, 0.25) is 0 Å². The zero-order valence-electron chi connectivity index (χ0n) is 8.49. The average molecular weight is 224 g/mol. The lowest BCUT2D eigenvalue weighted by molar-refractivity contribution is -0.143. The predicted molar refractivity (Wildman–Crippen MR) is 52.6 cm³/mol. The van der Waals surface area contributed by atoms with Gasteiger partial charge in [-0.05, 0) is 20.9 Å². The van der Waals surface area contributed by atoms with E-state index in [-0.39, 0.29) is 12.3 Å². The van der Waals surface area contributed by atoms with Crippen LogP contribution in [-0.4, -0.2) is 44.4 Å². The molecule has 0 bridgehead atoms. The molecule has 0 saturated carbocycles. The van der Waals surface area contributed by atoms with Gasteiger partial charge in [-0.3, -0.25) is 4.79 Å². The molecule has 0 radical (unpaired) electrons. The Hall–Kier alpha value is -0.660. The third-order valence-electron chi connectivity index (χ3n) is 1.78. The van der Waals surface area contributed by atoms with E-state index in [0.717, 1.165) is 0 Å². The van der Waals surface area contributed by atoms with Crippen LogP contribution in [0, 0.1) is 0 Å². The Morgan fingerprint density at radius 2 is 1.93 bits per heavy atom.